The molecule has 3 aliphatic carbocycles. The molecule has 3 heteroatoms. The highest BCUT2D eigenvalue weighted by Gasteiger charge is 2.49. The molecule has 0 amide bonds. The Hall–Kier alpha value is -0.830. The van der Waals surface area contributed by atoms with E-state index in [0.29, 0.717) is 11.8 Å². The molecule has 0 spiro atoms. The summed E-state index contributed by atoms with van der Waals surface area (Å²) in [6, 6.07) is 8.72. The number of hydrogen-bond acceptors (Lipinski definition) is 1. The van der Waals surface area contributed by atoms with Crippen LogP contribution in [-0.4, -0.2) is 11.1 Å². The van der Waals surface area contributed by atoms with Crippen molar-refractivity contribution >= 4 is 21.9 Å². The summed E-state index contributed by atoms with van der Waals surface area (Å²) in [7, 11) is 0. The van der Waals surface area contributed by atoms with Gasteiger partial charge in [-0.3, -0.25) is 4.79 Å². The molecule has 1 aromatic carbocycles. The number of carbonyl (C=O) groups is 1. The molecule has 19 heavy (non-hydrogen) atoms. The minimum atomic E-state index is -0.627. The van der Waals surface area contributed by atoms with Crippen molar-refractivity contribution in [3.05, 3.63) is 34.3 Å². The number of carboxylic acids is 1. The van der Waals surface area contributed by atoms with Gasteiger partial charge in [0, 0.05) is 4.47 Å². The zero-order chi connectivity index (χ0) is 13.5. The Morgan fingerprint density at radius 2 is 1.58 bits per heavy atom. The monoisotopic (exact) mass is 322 g/mol. The largest absolute Gasteiger partial charge is 0.481 e. The van der Waals surface area contributed by atoms with Crippen LogP contribution in [0.4, 0.5) is 0 Å². The lowest BCUT2D eigenvalue weighted by molar-refractivity contribution is -0.142. The molecule has 2 bridgehead atoms. The molecule has 0 unspecified atom stereocenters. The molecule has 0 atom stereocenters. The SMILES string of the molecule is O=C(O)CC12CCC(c3ccc(Br)cc3)(CC1)CC2. The lowest BCUT2D eigenvalue weighted by atomic mass is 9.51. The first-order valence-electron chi connectivity index (χ1n) is 7.02. The Labute approximate surface area is 122 Å². The van der Waals surface area contributed by atoms with Crippen LogP contribution in [0.25, 0.3) is 0 Å². The van der Waals surface area contributed by atoms with Crippen LogP contribution >= 0.6 is 15.9 Å². The van der Waals surface area contributed by atoms with Gasteiger partial charge in [0.15, 0.2) is 0 Å². The van der Waals surface area contributed by atoms with Gasteiger partial charge < -0.3 is 5.11 Å². The van der Waals surface area contributed by atoms with Crippen molar-refractivity contribution in [1.82, 2.24) is 0 Å². The van der Waals surface area contributed by atoms with Crippen LogP contribution in [0.2, 0.25) is 0 Å². The van der Waals surface area contributed by atoms with Crippen molar-refractivity contribution in [3.8, 4) is 0 Å². The van der Waals surface area contributed by atoms with E-state index in [2.05, 4.69) is 40.2 Å². The van der Waals surface area contributed by atoms with Gasteiger partial charge in [0.25, 0.3) is 0 Å². The van der Waals surface area contributed by atoms with Crippen molar-refractivity contribution in [3.63, 3.8) is 0 Å². The van der Waals surface area contributed by atoms with Crippen molar-refractivity contribution in [2.45, 2.75) is 50.4 Å². The van der Waals surface area contributed by atoms with Gasteiger partial charge in [-0.2, -0.15) is 0 Å². The highest BCUT2D eigenvalue weighted by molar-refractivity contribution is 9.10. The molecule has 0 aromatic heterocycles. The predicted octanol–water partition coefficient (Wildman–Crippen LogP) is 4.52. The first kappa shape index (κ1) is 13.2. The molecule has 1 aromatic rings. The van der Waals surface area contributed by atoms with Crippen LogP contribution in [-0.2, 0) is 10.2 Å². The third kappa shape index (κ3) is 2.33. The average molecular weight is 323 g/mol. The van der Waals surface area contributed by atoms with E-state index in [4.69, 9.17) is 5.11 Å². The summed E-state index contributed by atoms with van der Waals surface area (Å²) in [5.41, 5.74) is 1.86. The fraction of sp³-hybridized carbons (Fsp3) is 0.562. The maximum absolute atomic E-state index is 11.0. The second-order valence-corrected chi connectivity index (χ2v) is 7.27. The van der Waals surface area contributed by atoms with Crippen molar-refractivity contribution in [2.24, 2.45) is 5.41 Å². The van der Waals surface area contributed by atoms with E-state index in [1.165, 1.54) is 5.56 Å². The van der Waals surface area contributed by atoms with E-state index in [9.17, 15) is 4.79 Å². The fourth-order valence-electron chi connectivity index (χ4n) is 4.09. The van der Waals surface area contributed by atoms with Gasteiger partial charge in [0.2, 0.25) is 0 Å². The summed E-state index contributed by atoms with van der Waals surface area (Å²) in [6.07, 6.45) is 7.06. The molecule has 4 rings (SSSR count). The first-order valence-corrected chi connectivity index (χ1v) is 7.81. The quantitative estimate of drug-likeness (QED) is 0.888. The summed E-state index contributed by atoms with van der Waals surface area (Å²) >= 11 is 3.49. The third-order valence-electron chi connectivity index (χ3n) is 5.38. The predicted molar refractivity (Wildman–Crippen MR) is 78.2 cm³/mol. The minimum Gasteiger partial charge on any atom is -0.481 e. The van der Waals surface area contributed by atoms with Crippen LogP contribution in [0.5, 0.6) is 0 Å². The Bertz CT molecular complexity index is 467. The molecular formula is C16H19BrO2. The topological polar surface area (TPSA) is 37.3 Å². The molecule has 0 aliphatic heterocycles. The van der Waals surface area contributed by atoms with E-state index in [0.717, 1.165) is 43.0 Å². The Balaban J connectivity index is 1.81. The molecule has 0 heterocycles. The van der Waals surface area contributed by atoms with Gasteiger partial charge >= 0.3 is 5.97 Å². The smallest absolute Gasteiger partial charge is 0.303 e. The number of fused-ring (bicyclic) bond motifs is 3. The van der Waals surface area contributed by atoms with E-state index in [1.807, 2.05) is 0 Å². The van der Waals surface area contributed by atoms with Crippen LogP contribution in [0, 0.1) is 5.41 Å². The van der Waals surface area contributed by atoms with Gasteiger partial charge in [-0.05, 0) is 67.1 Å². The van der Waals surface area contributed by atoms with Crippen molar-refractivity contribution < 1.29 is 9.90 Å². The average Bonchev–Trinajstić information content (AvgIpc) is 2.40. The molecule has 3 aliphatic rings. The molecule has 3 saturated carbocycles. The second-order valence-electron chi connectivity index (χ2n) is 6.36. The molecule has 3 fully saturated rings. The van der Waals surface area contributed by atoms with E-state index >= 15 is 0 Å². The highest BCUT2D eigenvalue weighted by Crippen LogP contribution is 2.59. The fourth-order valence-corrected chi connectivity index (χ4v) is 4.35. The number of halogens is 1. The van der Waals surface area contributed by atoms with Gasteiger partial charge in [-0.1, -0.05) is 28.1 Å². The number of carboxylic acid groups (broad SMARTS) is 1. The summed E-state index contributed by atoms with van der Waals surface area (Å²) in [4.78, 5) is 11.0. The van der Waals surface area contributed by atoms with Gasteiger partial charge in [0.1, 0.15) is 0 Å². The van der Waals surface area contributed by atoms with E-state index < -0.39 is 5.97 Å². The molecule has 0 radical (unpaired) electrons. The molecule has 1 N–H and O–H groups in total. The summed E-state index contributed by atoms with van der Waals surface area (Å²) in [5.74, 6) is -0.627. The zero-order valence-electron chi connectivity index (χ0n) is 11.0. The zero-order valence-corrected chi connectivity index (χ0v) is 12.6. The number of benzene rings is 1. The third-order valence-corrected chi connectivity index (χ3v) is 5.91. The number of hydrogen-bond donors (Lipinski definition) is 1. The normalized spacial score (nSPS) is 33.3. The highest BCUT2D eigenvalue weighted by atomic mass is 79.9. The van der Waals surface area contributed by atoms with Gasteiger partial charge in [-0.15, -0.1) is 0 Å². The molecule has 102 valence electrons. The summed E-state index contributed by atoms with van der Waals surface area (Å²) < 4.78 is 1.12. The van der Waals surface area contributed by atoms with Crippen molar-refractivity contribution in [1.29, 1.82) is 0 Å². The lowest BCUT2D eigenvalue weighted by Crippen LogP contribution is -2.45. The lowest BCUT2D eigenvalue weighted by Gasteiger charge is -2.53. The molecule has 2 nitrogen and oxygen atoms in total. The number of rotatable bonds is 3. The Morgan fingerprint density at radius 3 is 2.05 bits per heavy atom. The Kier molecular flexibility index (Phi) is 3.20. The summed E-state index contributed by atoms with van der Waals surface area (Å²) in [6.45, 7) is 0. The van der Waals surface area contributed by atoms with Crippen molar-refractivity contribution in [2.75, 3.05) is 0 Å². The van der Waals surface area contributed by atoms with Gasteiger partial charge in [0.05, 0.1) is 6.42 Å². The second kappa shape index (κ2) is 4.62. The minimum absolute atomic E-state index is 0.100. The molecule has 0 saturated heterocycles. The Morgan fingerprint density at radius 1 is 1.05 bits per heavy atom. The maximum atomic E-state index is 11.0. The number of aliphatic carboxylic acids is 1. The first-order chi connectivity index (χ1) is 9.04. The standard InChI is InChI=1S/C16H19BrO2/c17-13-3-1-12(2-4-13)16-8-5-15(6-9-16,7-10-16)11-14(18)19/h1-4H,5-11H2,(H,18,19). The van der Waals surface area contributed by atoms with Crippen LogP contribution in [0.1, 0.15) is 50.5 Å². The van der Waals surface area contributed by atoms with E-state index in [1.54, 1.807) is 0 Å². The summed E-state index contributed by atoms with van der Waals surface area (Å²) in [5, 5.41) is 9.09. The maximum Gasteiger partial charge on any atom is 0.303 e. The van der Waals surface area contributed by atoms with Crippen LogP contribution < -0.4 is 0 Å². The van der Waals surface area contributed by atoms with Crippen LogP contribution in [0.15, 0.2) is 28.7 Å². The van der Waals surface area contributed by atoms with E-state index in [-0.39, 0.29) is 5.41 Å². The van der Waals surface area contributed by atoms with Gasteiger partial charge in [-0.25, -0.2) is 0 Å². The molecular weight excluding hydrogens is 304 g/mol. The van der Waals surface area contributed by atoms with Crippen LogP contribution in [0.3, 0.4) is 0 Å².